The van der Waals surface area contributed by atoms with Crippen LogP contribution in [0.25, 0.3) is 17.1 Å². The Morgan fingerprint density at radius 2 is 1.88 bits per heavy atom. The van der Waals surface area contributed by atoms with Crippen molar-refractivity contribution >= 4 is 38.9 Å². The van der Waals surface area contributed by atoms with Crippen molar-refractivity contribution in [3.8, 4) is 0 Å². The van der Waals surface area contributed by atoms with Crippen molar-refractivity contribution in [1.82, 2.24) is 29.4 Å². The van der Waals surface area contributed by atoms with Gasteiger partial charge in [0, 0.05) is 51.6 Å². The third kappa shape index (κ3) is 5.11. The molecule has 0 unspecified atom stereocenters. The molecule has 11 heteroatoms. The van der Waals surface area contributed by atoms with Gasteiger partial charge in [0.05, 0.1) is 11.6 Å². The molecule has 0 bridgehead atoms. The largest absolute Gasteiger partial charge is 0.352 e. The van der Waals surface area contributed by atoms with E-state index in [1.165, 1.54) is 12.4 Å². The summed E-state index contributed by atoms with van der Waals surface area (Å²) in [6, 6.07) is 9.17. The van der Waals surface area contributed by atoms with E-state index < -0.39 is 10.0 Å². The number of aromatic nitrogens is 4. The van der Waals surface area contributed by atoms with Crippen LogP contribution < -0.4 is 9.62 Å². The third-order valence-electron chi connectivity index (χ3n) is 5.32. The lowest BCUT2D eigenvalue weighted by Crippen LogP contribution is -2.49. The van der Waals surface area contributed by atoms with Crippen molar-refractivity contribution in [2.45, 2.75) is 6.42 Å². The molecule has 1 fully saturated rings. The fourth-order valence-corrected chi connectivity index (χ4v) is 4.43. The predicted octanol–water partition coefficient (Wildman–Crippen LogP) is 0.992. The Labute approximate surface area is 186 Å². The standard InChI is InChI=1S/C21H25N7O3S/c1-26-20-18(15-24-26)21(23-16-22-20)28-12-10-27(11-13-28)19(29)7-9-25-32(30,31)14-8-17-5-3-2-4-6-17/h2-6,8,14-16,25H,7,9-13H2,1H3/b14-8+. The van der Waals surface area contributed by atoms with Gasteiger partial charge >= 0.3 is 0 Å². The number of anilines is 1. The van der Waals surface area contributed by atoms with Crippen LogP contribution in [0.2, 0.25) is 0 Å². The number of fused-ring (bicyclic) bond motifs is 1. The van der Waals surface area contributed by atoms with Crippen LogP contribution in [0.5, 0.6) is 0 Å². The van der Waals surface area contributed by atoms with Crippen LogP contribution in [0.4, 0.5) is 5.82 Å². The van der Waals surface area contributed by atoms with E-state index in [4.69, 9.17) is 0 Å². The summed E-state index contributed by atoms with van der Waals surface area (Å²) in [5.41, 5.74) is 1.56. The van der Waals surface area contributed by atoms with E-state index in [0.29, 0.717) is 26.2 Å². The molecule has 3 aromatic rings. The lowest BCUT2D eigenvalue weighted by molar-refractivity contribution is -0.131. The molecule has 10 nitrogen and oxygen atoms in total. The summed E-state index contributed by atoms with van der Waals surface area (Å²) in [7, 11) is -1.77. The monoisotopic (exact) mass is 455 g/mol. The first-order chi connectivity index (χ1) is 15.4. The van der Waals surface area contributed by atoms with Crippen LogP contribution in [0, 0.1) is 0 Å². The Morgan fingerprint density at radius 3 is 2.62 bits per heavy atom. The number of rotatable bonds is 7. The second-order valence-electron chi connectivity index (χ2n) is 7.47. The van der Waals surface area contributed by atoms with Gasteiger partial charge in [-0.2, -0.15) is 5.10 Å². The maximum atomic E-state index is 12.5. The predicted molar refractivity (Wildman–Crippen MR) is 122 cm³/mol. The molecule has 1 N–H and O–H groups in total. The second kappa shape index (κ2) is 9.45. The Hall–Kier alpha value is -3.31. The molecule has 0 spiro atoms. The Morgan fingerprint density at radius 1 is 1.12 bits per heavy atom. The number of benzene rings is 1. The minimum absolute atomic E-state index is 0.0583. The Kier molecular flexibility index (Phi) is 6.47. The maximum absolute atomic E-state index is 12.5. The van der Waals surface area contributed by atoms with Crippen molar-refractivity contribution < 1.29 is 13.2 Å². The number of carbonyl (C=O) groups excluding carboxylic acids is 1. The van der Waals surface area contributed by atoms with Gasteiger partial charge in [0.25, 0.3) is 0 Å². The maximum Gasteiger partial charge on any atom is 0.233 e. The molecule has 1 aromatic carbocycles. The number of sulfonamides is 1. The number of hydrogen-bond donors (Lipinski definition) is 1. The highest BCUT2D eigenvalue weighted by Crippen LogP contribution is 2.23. The number of hydrogen-bond acceptors (Lipinski definition) is 7. The number of nitrogens with one attached hydrogen (secondary N) is 1. The molecule has 0 atom stereocenters. The zero-order valence-electron chi connectivity index (χ0n) is 17.8. The minimum Gasteiger partial charge on any atom is -0.352 e. The van der Waals surface area contributed by atoms with E-state index >= 15 is 0 Å². The molecule has 3 heterocycles. The zero-order valence-corrected chi connectivity index (χ0v) is 18.6. The van der Waals surface area contributed by atoms with Crippen LogP contribution in [0.3, 0.4) is 0 Å². The molecule has 1 amide bonds. The quantitative estimate of drug-likeness (QED) is 0.565. The molecule has 32 heavy (non-hydrogen) atoms. The molecular weight excluding hydrogens is 430 g/mol. The van der Waals surface area contributed by atoms with Crippen molar-refractivity contribution in [2.75, 3.05) is 37.6 Å². The number of amides is 1. The van der Waals surface area contributed by atoms with E-state index in [-0.39, 0.29) is 18.9 Å². The van der Waals surface area contributed by atoms with E-state index in [0.717, 1.165) is 27.8 Å². The van der Waals surface area contributed by atoms with Gasteiger partial charge < -0.3 is 9.80 Å². The molecule has 1 saturated heterocycles. The number of carbonyl (C=O) groups is 1. The number of piperazine rings is 1. The van der Waals surface area contributed by atoms with Gasteiger partial charge in [0.2, 0.25) is 15.9 Å². The highest BCUT2D eigenvalue weighted by atomic mass is 32.2. The first-order valence-electron chi connectivity index (χ1n) is 10.3. The van der Waals surface area contributed by atoms with Crippen LogP contribution >= 0.6 is 0 Å². The summed E-state index contributed by atoms with van der Waals surface area (Å²) in [5.74, 6) is 0.738. The topological polar surface area (TPSA) is 113 Å². The van der Waals surface area contributed by atoms with Gasteiger partial charge in [0.1, 0.15) is 12.1 Å². The molecule has 0 saturated carbocycles. The lowest BCUT2D eigenvalue weighted by atomic mass is 10.2. The summed E-state index contributed by atoms with van der Waals surface area (Å²) in [5, 5.41) is 6.24. The van der Waals surface area contributed by atoms with E-state index in [1.54, 1.807) is 15.8 Å². The average Bonchev–Trinajstić information content (AvgIpc) is 3.19. The number of aryl methyl sites for hydroxylation is 1. The second-order valence-corrected chi connectivity index (χ2v) is 9.12. The minimum atomic E-state index is -3.60. The van der Waals surface area contributed by atoms with Gasteiger partial charge in [-0.15, -0.1) is 0 Å². The van der Waals surface area contributed by atoms with Crippen molar-refractivity contribution in [2.24, 2.45) is 7.05 Å². The van der Waals surface area contributed by atoms with Crippen LogP contribution in [0.1, 0.15) is 12.0 Å². The van der Waals surface area contributed by atoms with Crippen LogP contribution in [-0.4, -0.2) is 71.7 Å². The summed E-state index contributed by atoms with van der Waals surface area (Å²) in [6.07, 6.45) is 4.91. The van der Waals surface area contributed by atoms with E-state index in [1.807, 2.05) is 37.4 Å². The summed E-state index contributed by atoms with van der Waals surface area (Å²) >= 11 is 0. The fourth-order valence-electron chi connectivity index (χ4n) is 3.61. The smallest absolute Gasteiger partial charge is 0.233 e. The molecule has 168 valence electrons. The lowest BCUT2D eigenvalue weighted by Gasteiger charge is -2.35. The SMILES string of the molecule is Cn1ncc2c(N3CCN(C(=O)CCNS(=O)(=O)/C=C/c4ccccc4)CC3)ncnc21. The van der Waals surface area contributed by atoms with Gasteiger partial charge in [-0.25, -0.2) is 23.1 Å². The van der Waals surface area contributed by atoms with Crippen molar-refractivity contribution in [1.29, 1.82) is 0 Å². The summed E-state index contributed by atoms with van der Waals surface area (Å²) in [4.78, 5) is 25.1. The van der Waals surface area contributed by atoms with Crippen LogP contribution in [-0.2, 0) is 21.9 Å². The van der Waals surface area contributed by atoms with Crippen molar-refractivity contribution in [3.05, 3.63) is 53.8 Å². The summed E-state index contributed by atoms with van der Waals surface area (Å²) < 4.78 is 28.4. The molecule has 1 aliphatic heterocycles. The van der Waals surface area contributed by atoms with Gasteiger partial charge in [-0.1, -0.05) is 30.3 Å². The highest BCUT2D eigenvalue weighted by Gasteiger charge is 2.23. The highest BCUT2D eigenvalue weighted by molar-refractivity contribution is 7.92. The molecule has 0 aliphatic carbocycles. The van der Waals surface area contributed by atoms with E-state index in [2.05, 4.69) is 24.7 Å². The number of nitrogens with zero attached hydrogens (tertiary/aromatic N) is 6. The van der Waals surface area contributed by atoms with E-state index in [9.17, 15) is 13.2 Å². The van der Waals surface area contributed by atoms with Crippen molar-refractivity contribution in [3.63, 3.8) is 0 Å². The molecule has 1 aliphatic rings. The normalized spacial score (nSPS) is 15.0. The molecule has 4 rings (SSSR count). The first-order valence-corrected chi connectivity index (χ1v) is 11.9. The molecule has 0 radical (unpaired) electrons. The van der Waals surface area contributed by atoms with Gasteiger partial charge in [0.15, 0.2) is 5.65 Å². The van der Waals surface area contributed by atoms with Gasteiger partial charge in [-0.3, -0.25) is 9.48 Å². The van der Waals surface area contributed by atoms with Gasteiger partial charge in [-0.05, 0) is 11.6 Å². The van der Waals surface area contributed by atoms with Crippen LogP contribution in [0.15, 0.2) is 48.3 Å². The summed E-state index contributed by atoms with van der Waals surface area (Å²) in [6.45, 7) is 2.43. The Bertz CT molecular complexity index is 1220. The zero-order chi connectivity index (χ0) is 22.6. The first kappa shape index (κ1) is 21.9. The average molecular weight is 456 g/mol. The fraction of sp³-hybridized carbons (Fsp3) is 0.333. The third-order valence-corrected chi connectivity index (χ3v) is 6.42. The Balaban J connectivity index is 1.26. The molecular formula is C21H25N7O3S. The molecule has 2 aromatic heterocycles.